The summed E-state index contributed by atoms with van der Waals surface area (Å²) in [7, 11) is 0. The number of ether oxygens (including phenoxy) is 1. The SMILES string of the molecule is O.O=C(Nc1ccc2c(c1)CCO2)Nc1cc2ccccc2cc1C(=O)N[C@H](C(=O)O)C1CCCCC1.[Li+].[OH-]. The Labute approximate surface area is 238 Å². The number of carbonyl (C=O) groups is 3. The van der Waals surface area contributed by atoms with Crippen LogP contribution in [0.5, 0.6) is 5.75 Å². The minimum Gasteiger partial charge on any atom is -0.870 e. The molecule has 11 heteroatoms. The van der Waals surface area contributed by atoms with Crippen molar-refractivity contribution in [3.63, 3.8) is 0 Å². The molecular weight excluding hydrogens is 497 g/mol. The Balaban J connectivity index is 0.00000178. The topological polar surface area (TPSA) is 178 Å². The quantitative estimate of drug-likeness (QED) is 0.348. The number of amides is 3. The van der Waals surface area contributed by atoms with Crippen LogP contribution in [0.2, 0.25) is 0 Å². The summed E-state index contributed by atoms with van der Waals surface area (Å²) in [5, 5.41) is 19.8. The van der Waals surface area contributed by atoms with E-state index in [9.17, 15) is 19.5 Å². The van der Waals surface area contributed by atoms with Crippen LogP contribution in [0, 0.1) is 5.92 Å². The Morgan fingerprint density at radius 3 is 2.31 bits per heavy atom. The van der Waals surface area contributed by atoms with E-state index in [1.165, 1.54) is 0 Å². The van der Waals surface area contributed by atoms with E-state index < -0.39 is 23.9 Å². The molecule has 3 aromatic rings. The van der Waals surface area contributed by atoms with Gasteiger partial charge in [0.15, 0.2) is 0 Å². The summed E-state index contributed by atoms with van der Waals surface area (Å²) in [4.78, 5) is 38.3. The van der Waals surface area contributed by atoms with Gasteiger partial charge in [-0.25, -0.2) is 9.59 Å². The average Bonchev–Trinajstić information content (AvgIpc) is 3.35. The van der Waals surface area contributed by atoms with Crippen LogP contribution in [0.1, 0.15) is 48.0 Å². The van der Waals surface area contributed by atoms with Crippen molar-refractivity contribution in [1.82, 2.24) is 5.32 Å². The first-order valence-electron chi connectivity index (χ1n) is 12.4. The van der Waals surface area contributed by atoms with Crippen molar-refractivity contribution in [3.05, 3.63) is 65.7 Å². The van der Waals surface area contributed by atoms with Crippen LogP contribution < -0.4 is 39.5 Å². The summed E-state index contributed by atoms with van der Waals surface area (Å²) in [5.41, 5.74) is 2.17. The van der Waals surface area contributed by atoms with Crippen LogP contribution in [0.25, 0.3) is 10.8 Å². The molecule has 0 spiro atoms. The summed E-state index contributed by atoms with van der Waals surface area (Å²) < 4.78 is 5.51. The fourth-order valence-electron chi connectivity index (χ4n) is 5.15. The first-order valence-corrected chi connectivity index (χ1v) is 12.4. The van der Waals surface area contributed by atoms with E-state index in [4.69, 9.17) is 4.74 Å². The molecule has 3 amide bonds. The molecular formula is C28H32LiN3O7. The molecule has 39 heavy (non-hydrogen) atoms. The maximum atomic E-state index is 13.4. The first-order chi connectivity index (χ1) is 17.5. The summed E-state index contributed by atoms with van der Waals surface area (Å²) in [5.74, 6) is -0.850. The van der Waals surface area contributed by atoms with E-state index in [0.29, 0.717) is 18.0 Å². The molecule has 7 N–H and O–H groups in total. The summed E-state index contributed by atoms with van der Waals surface area (Å²) in [6, 6.07) is 14.9. The molecule has 1 aliphatic heterocycles. The Morgan fingerprint density at radius 2 is 1.62 bits per heavy atom. The van der Waals surface area contributed by atoms with E-state index in [2.05, 4.69) is 16.0 Å². The fourth-order valence-corrected chi connectivity index (χ4v) is 5.15. The number of nitrogens with one attached hydrogen (secondary N) is 3. The third-order valence-electron chi connectivity index (χ3n) is 7.00. The minimum atomic E-state index is -1.04. The van der Waals surface area contributed by atoms with E-state index in [0.717, 1.165) is 60.6 Å². The van der Waals surface area contributed by atoms with E-state index in [-0.39, 0.29) is 41.3 Å². The van der Waals surface area contributed by atoms with Gasteiger partial charge in [0, 0.05) is 12.1 Å². The van der Waals surface area contributed by atoms with Crippen LogP contribution >= 0.6 is 0 Å². The third kappa shape index (κ3) is 7.31. The molecule has 10 nitrogen and oxygen atoms in total. The number of carbonyl (C=O) groups excluding carboxylic acids is 2. The monoisotopic (exact) mass is 529 g/mol. The van der Waals surface area contributed by atoms with Crippen molar-refractivity contribution in [1.29, 1.82) is 0 Å². The largest absolute Gasteiger partial charge is 1.00 e. The number of fused-ring (bicyclic) bond motifs is 2. The van der Waals surface area contributed by atoms with Gasteiger partial charge in [-0.2, -0.15) is 0 Å². The number of hydrogen-bond acceptors (Lipinski definition) is 5. The molecule has 0 unspecified atom stereocenters. The van der Waals surface area contributed by atoms with Crippen LogP contribution in [0.3, 0.4) is 0 Å². The summed E-state index contributed by atoms with van der Waals surface area (Å²) in [6.07, 6.45) is 5.34. The van der Waals surface area contributed by atoms with Gasteiger partial charge >= 0.3 is 30.9 Å². The number of benzene rings is 3. The van der Waals surface area contributed by atoms with Crippen molar-refractivity contribution >= 4 is 40.1 Å². The molecule has 3 aromatic carbocycles. The van der Waals surface area contributed by atoms with Gasteiger partial charge in [-0.15, -0.1) is 0 Å². The summed E-state index contributed by atoms with van der Waals surface area (Å²) >= 11 is 0. The van der Waals surface area contributed by atoms with Gasteiger partial charge in [-0.3, -0.25) is 4.79 Å². The Kier molecular flexibility index (Phi) is 11.4. The molecule has 1 atom stereocenters. The Hall–Kier alpha value is -3.55. The molecule has 5 rings (SSSR count). The van der Waals surface area contributed by atoms with Crippen LogP contribution in [-0.4, -0.2) is 46.6 Å². The third-order valence-corrected chi connectivity index (χ3v) is 7.00. The number of carboxylic acids is 1. The van der Waals surface area contributed by atoms with Crippen molar-refractivity contribution in [2.24, 2.45) is 5.92 Å². The maximum absolute atomic E-state index is 13.4. The molecule has 1 fully saturated rings. The second kappa shape index (κ2) is 14.0. The number of hydrogen-bond donors (Lipinski definition) is 4. The van der Waals surface area contributed by atoms with Crippen molar-refractivity contribution < 1.29 is 54.0 Å². The predicted molar refractivity (Wildman–Crippen MR) is 143 cm³/mol. The van der Waals surface area contributed by atoms with Gasteiger partial charge in [0.2, 0.25) is 0 Å². The van der Waals surface area contributed by atoms with Crippen LogP contribution in [0.15, 0.2) is 54.6 Å². The molecule has 0 saturated heterocycles. The zero-order valence-corrected chi connectivity index (χ0v) is 21.8. The predicted octanol–water partition coefficient (Wildman–Crippen LogP) is 1.18. The molecule has 0 radical (unpaired) electrons. The first kappa shape index (κ1) is 31.7. The molecule has 202 valence electrons. The van der Waals surface area contributed by atoms with Crippen LogP contribution in [0.4, 0.5) is 16.2 Å². The van der Waals surface area contributed by atoms with Gasteiger partial charge in [0.25, 0.3) is 5.91 Å². The molecule has 2 aliphatic rings. The average molecular weight is 530 g/mol. The van der Waals surface area contributed by atoms with Gasteiger partial charge in [0.1, 0.15) is 11.8 Å². The maximum Gasteiger partial charge on any atom is 1.00 e. The molecule has 1 heterocycles. The molecule has 0 bridgehead atoms. The molecule has 1 aliphatic carbocycles. The Bertz CT molecular complexity index is 1330. The molecule has 1 saturated carbocycles. The number of aliphatic carboxylic acids is 1. The Morgan fingerprint density at radius 1 is 0.923 bits per heavy atom. The smallest absolute Gasteiger partial charge is 0.870 e. The van der Waals surface area contributed by atoms with Crippen molar-refractivity contribution in [2.75, 3.05) is 17.2 Å². The number of carboxylic acid groups (broad SMARTS) is 1. The molecule has 0 aromatic heterocycles. The zero-order chi connectivity index (χ0) is 25.1. The second-order valence-electron chi connectivity index (χ2n) is 9.43. The van der Waals surface area contributed by atoms with Crippen molar-refractivity contribution in [2.45, 2.75) is 44.6 Å². The standard InChI is InChI=1S/C28H29N3O5.Li.2H2O/c32-26(31-25(27(33)34)17-6-2-1-3-7-17)22-15-18-8-4-5-9-19(18)16-23(22)30-28(35)29-21-10-11-24-20(14-21)12-13-36-24;;;/h4-5,8-11,14-17,25H,1-3,6-7,12-13H2,(H,31,32)(H,33,34)(H2,29,30,35);;2*1H2/q;+1;;/p-1/t25-;;;/m0.../s1. The number of urea groups is 1. The van der Waals surface area contributed by atoms with E-state index in [1.54, 1.807) is 18.2 Å². The van der Waals surface area contributed by atoms with Gasteiger partial charge < -0.3 is 36.7 Å². The minimum absolute atomic E-state index is 0. The van der Waals surface area contributed by atoms with Gasteiger partial charge in [0.05, 0.1) is 17.9 Å². The summed E-state index contributed by atoms with van der Waals surface area (Å²) in [6.45, 7) is 0.624. The van der Waals surface area contributed by atoms with Crippen LogP contribution in [-0.2, 0) is 11.2 Å². The van der Waals surface area contributed by atoms with Crippen molar-refractivity contribution in [3.8, 4) is 5.75 Å². The normalized spacial score (nSPS) is 14.8. The van der Waals surface area contributed by atoms with Gasteiger partial charge in [-0.05, 0) is 65.4 Å². The van der Waals surface area contributed by atoms with E-state index >= 15 is 0 Å². The zero-order valence-electron chi connectivity index (χ0n) is 21.8. The number of rotatable bonds is 6. The van der Waals surface area contributed by atoms with E-state index in [1.807, 2.05) is 36.4 Å². The second-order valence-corrected chi connectivity index (χ2v) is 9.43. The number of anilines is 2. The fraction of sp³-hybridized carbons (Fsp3) is 0.321. The van der Waals surface area contributed by atoms with Gasteiger partial charge in [-0.1, -0.05) is 43.5 Å².